The zero-order valence-electron chi connectivity index (χ0n) is 13.6. The quantitative estimate of drug-likeness (QED) is 0.375. The van der Waals surface area contributed by atoms with E-state index in [9.17, 15) is 9.59 Å². The van der Waals surface area contributed by atoms with Gasteiger partial charge in [-0.15, -0.1) is 0 Å². The van der Waals surface area contributed by atoms with Crippen LogP contribution < -0.4 is 5.32 Å². The van der Waals surface area contributed by atoms with Crippen molar-refractivity contribution >= 4 is 17.6 Å². The van der Waals surface area contributed by atoms with E-state index in [0.717, 1.165) is 0 Å². The number of methoxy groups -OCH3 is 1. The highest BCUT2D eigenvalue weighted by Gasteiger charge is 2.15. The van der Waals surface area contributed by atoms with E-state index < -0.39 is 11.6 Å². The summed E-state index contributed by atoms with van der Waals surface area (Å²) < 4.78 is 9.83. The van der Waals surface area contributed by atoms with Crippen molar-refractivity contribution in [3.05, 3.63) is 39.8 Å². The van der Waals surface area contributed by atoms with E-state index in [1.165, 1.54) is 13.2 Å². The molecule has 0 radical (unpaired) electrons. The SMILES string of the molecule is COC(=O)c1cc(CNCC(=O)OC(C)(C)C)cc(N=[N+]=[N-])c1. The Bertz CT molecular complexity index is 631. The van der Waals surface area contributed by atoms with Crippen LogP contribution in [-0.2, 0) is 20.8 Å². The minimum absolute atomic E-state index is 0.0244. The number of benzene rings is 1. The van der Waals surface area contributed by atoms with Crippen LogP contribution in [0.25, 0.3) is 10.4 Å². The van der Waals surface area contributed by atoms with Crippen LogP contribution in [0, 0.1) is 0 Å². The second kappa shape index (κ2) is 8.17. The average molecular weight is 320 g/mol. The van der Waals surface area contributed by atoms with Gasteiger partial charge in [-0.1, -0.05) is 5.11 Å². The molecule has 0 spiro atoms. The van der Waals surface area contributed by atoms with Gasteiger partial charge in [0.05, 0.1) is 19.2 Å². The lowest BCUT2D eigenvalue weighted by Gasteiger charge is -2.19. The van der Waals surface area contributed by atoms with E-state index >= 15 is 0 Å². The summed E-state index contributed by atoms with van der Waals surface area (Å²) in [5.41, 5.74) is 9.22. The van der Waals surface area contributed by atoms with Gasteiger partial charge in [-0.05, 0) is 50.1 Å². The Hall–Kier alpha value is -2.57. The number of carbonyl (C=O) groups is 2. The molecule has 0 aliphatic carbocycles. The van der Waals surface area contributed by atoms with E-state index in [2.05, 4.69) is 20.1 Å². The zero-order valence-corrected chi connectivity index (χ0v) is 13.6. The first-order chi connectivity index (χ1) is 10.7. The number of esters is 2. The smallest absolute Gasteiger partial charge is 0.337 e. The van der Waals surface area contributed by atoms with Gasteiger partial charge in [0.2, 0.25) is 0 Å². The van der Waals surface area contributed by atoms with Gasteiger partial charge in [0.15, 0.2) is 0 Å². The summed E-state index contributed by atoms with van der Waals surface area (Å²) in [7, 11) is 1.27. The van der Waals surface area contributed by atoms with Crippen LogP contribution in [0.4, 0.5) is 5.69 Å². The standard InChI is InChI=1S/C15H20N4O4/c1-15(2,3)23-13(20)9-17-8-10-5-11(14(21)22-4)7-12(6-10)18-19-16/h5-7,17H,8-9H2,1-4H3. The first-order valence-electron chi connectivity index (χ1n) is 6.95. The first kappa shape index (κ1) is 18.5. The molecule has 8 nitrogen and oxygen atoms in total. The number of carbonyl (C=O) groups excluding carboxylic acids is 2. The van der Waals surface area contributed by atoms with Gasteiger partial charge in [-0.3, -0.25) is 4.79 Å². The van der Waals surface area contributed by atoms with E-state index in [1.54, 1.807) is 32.9 Å². The molecular formula is C15H20N4O4. The van der Waals surface area contributed by atoms with Crippen molar-refractivity contribution in [2.45, 2.75) is 32.9 Å². The predicted molar refractivity (Wildman–Crippen MR) is 84.1 cm³/mol. The Morgan fingerprint density at radius 1 is 1.30 bits per heavy atom. The molecular weight excluding hydrogens is 300 g/mol. The third-order valence-corrected chi connectivity index (χ3v) is 2.58. The monoisotopic (exact) mass is 320 g/mol. The minimum atomic E-state index is -0.543. The number of ether oxygens (including phenoxy) is 2. The molecule has 1 rings (SSSR count). The van der Waals surface area contributed by atoms with Crippen molar-refractivity contribution in [1.82, 2.24) is 5.32 Å². The number of hydrogen-bond acceptors (Lipinski definition) is 6. The highest BCUT2D eigenvalue weighted by Crippen LogP contribution is 2.19. The third-order valence-electron chi connectivity index (χ3n) is 2.58. The second-order valence-electron chi connectivity index (χ2n) is 5.76. The summed E-state index contributed by atoms with van der Waals surface area (Å²) in [5.74, 6) is -0.912. The molecule has 1 aromatic carbocycles. The van der Waals surface area contributed by atoms with E-state index in [-0.39, 0.29) is 18.1 Å². The van der Waals surface area contributed by atoms with Crippen LogP contribution >= 0.6 is 0 Å². The highest BCUT2D eigenvalue weighted by molar-refractivity contribution is 5.90. The lowest BCUT2D eigenvalue weighted by molar-refractivity contribution is -0.153. The maximum atomic E-state index is 11.6. The largest absolute Gasteiger partial charge is 0.465 e. The summed E-state index contributed by atoms with van der Waals surface area (Å²) >= 11 is 0. The summed E-state index contributed by atoms with van der Waals surface area (Å²) in [6.45, 7) is 5.69. The summed E-state index contributed by atoms with van der Waals surface area (Å²) in [6, 6.07) is 4.65. The molecule has 0 aliphatic rings. The fourth-order valence-electron chi connectivity index (χ4n) is 1.81. The maximum Gasteiger partial charge on any atom is 0.337 e. The Balaban J connectivity index is 2.76. The maximum absolute atomic E-state index is 11.6. The lowest BCUT2D eigenvalue weighted by Crippen LogP contribution is -2.31. The second-order valence-corrected chi connectivity index (χ2v) is 5.76. The van der Waals surface area contributed by atoms with Crippen molar-refractivity contribution in [3.63, 3.8) is 0 Å². The van der Waals surface area contributed by atoms with Gasteiger partial charge in [-0.25, -0.2) is 4.79 Å². The first-order valence-corrected chi connectivity index (χ1v) is 6.95. The van der Waals surface area contributed by atoms with Crippen LogP contribution in [-0.4, -0.2) is 31.2 Å². The molecule has 0 aromatic heterocycles. The van der Waals surface area contributed by atoms with E-state index in [4.69, 9.17) is 10.3 Å². The fourth-order valence-corrected chi connectivity index (χ4v) is 1.81. The molecule has 0 bridgehead atoms. The van der Waals surface area contributed by atoms with E-state index in [0.29, 0.717) is 17.8 Å². The molecule has 0 atom stereocenters. The summed E-state index contributed by atoms with van der Waals surface area (Å²) in [5, 5.41) is 6.41. The Kier molecular flexibility index (Phi) is 6.56. The zero-order chi connectivity index (χ0) is 17.5. The summed E-state index contributed by atoms with van der Waals surface area (Å²) in [6.07, 6.45) is 0. The van der Waals surface area contributed by atoms with Crippen LogP contribution in [0.5, 0.6) is 0 Å². The van der Waals surface area contributed by atoms with Gasteiger partial charge in [0.1, 0.15) is 5.60 Å². The van der Waals surface area contributed by atoms with Crippen LogP contribution in [0.1, 0.15) is 36.7 Å². The van der Waals surface area contributed by atoms with Gasteiger partial charge in [0.25, 0.3) is 0 Å². The fraction of sp³-hybridized carbons (Fsp3) is 0.467. The predicted octanol–water partition coefficient (Wildman–Crippen LogP) is 2.85. The molecule has 0 fully saturated rings. The number of hydrogen-bond donors (Lipinski definition) is 1. The molecule has 1 aromatic rings. The number of azide groups is 1. The van der Waals surface area contributed by atoms with Gasteiger partial charge in [0, 0.05) is 17.1 Å². The molecule has 0 saturated carbocycles. The summed E-state index contributed by atoms with van der Waals surface area (Å²) in [4.78, 5) is 25.9. The Morgan fingerprint density at radius 2 is 2.00 bits per heavy atom. The van der Waals surface area contributed by atoms with Crippen LogP contribution in [0.2, 0.25) is 0 Å². The topological polar surface area (TPSA) is 113 Å². The van der Waals surface area contributed by atoms with Crippen molar-refractivity contribution in [2.24, 2.45) is 5.11 Å². The van der Waals surface area contributed by atoms with Crippen LogP contribution in [0.15, 0.2) is 23.3 Å². The molecule has 124 valence electrons. The van der Waals surface area contributed by atoms with E-state index in [1.807, 2.05) is 0 Å². The molecule has 0 heterocycles. The molecule has 1 N–H and O–H groups in total. The Morgan fingerprint density at radius 3 is 2.57 bits per heavy atom. The molecule has 0 aliphatic heterocycles. The van der Waals surface area contributed by atoms with Crippen LogP contribution in [0.3, 0.4) is 0 Å². The molecule has 23 heavy (non-hydrogen) atoms. The minimum Gasteiger partial charge on any atom is -0.465 e. The molecule has 0 amide bonds. The van der Waals surface area contributed by atoms with Crippen molar-refractivity contribution < 1.29 is 19.1 Å². The van der Waals surface area contributed by atoms with Gasteiger partial charge in [-0.2, -0.15) is 0 Å². The number of nitrogens with one attached hydrogen (secondary N) is 1. The van der Waals surface area contributed by atoms with Gasteiger partial charge >= 0.3 is 11.9 Å². The normalized spacial score (nSPS) is 10.6. The molecule has 0 unspecified atom stereocenters. The van der Waals surface area contributed by atoms with Crippen molar-refractivity contribution in [1.29, 1.82) is 0 Å². The number of nitrogens with zero attached hydrogens (tertiary/aromatic N) is 3. The number of rotatable bonds is 6. The highest BCUT2D eigenvalue weighted by atomic mass is 16.6. The average Bonchev–Trinajstić information content (AvgIpc) is 2.44. The molecule has 8 heteroatoms. The van der Waals surface area contributed by atoms with Gasteiger partial charge < -0.3 is 14.8 Å². The van der Waals surface area contributed by atoms with Crippen molar-refractivity contribution in [2.75, 3.05) is 13.7 Å². The molecule has 0 saturated heterocycles. The third kappa shape index (κ3) is 6.82. The lowest BCUT2D eigenvalue weighted by atomic mass is 10.1. The van der Waals surface area contributed by atoms with Crippen molar-refractivity contribution in [3.8, 4) is 0 Å². The Labute approximate surface area is 134 Å².